The average Bonchev–Trinajstić information content (AvgIpc) is 2.85. The highest BCUT2D eigenvalue weighted by Gasteiger charge is 2.28. The number of esters is 1. The third kappa shape index (κ3) is 4.64. The Bertz CT molecular complexity index is 1540. The lowest BCUT2D eigenvalue weighted by Crippen LogP contribution is -2.13. The van der Waals surface area contributed by atoms with Crippen LogP contribution in [0.15, 0.2) is 123 Å². The zero-order valence-electron chi connectivity index (χ0n) is 18.1. The third-order valence-electron chi connectivity index (χ3n) is 5.11. The summed E-state index contributed by atoms with van der Waals surface area (Å²) in [6.07, 6.45) is 0. The summed E-state index contributed by atoms with van der Waals surface area (Å²) in [6.45, 7) is 1.87. The summed E-state index contributed by atoms with van der Waals surface area (Å²) in [5.74, 6) is -1.02. The van der Waals surface area contributed by atoms with Crippen molar-refractivity contribution in [2.75, 3.05) is 0 Å². The first-order valence-electron chi connectivity index (χ1n) is 10.2. The molecule has 8 heteroatoms. The molecule has 0 heterocycles. The van der Waals surface area contributed by atoms with Crippen LogP contribution in [0.5, 0.6) is 5.75 Å². The monoisotopic (exact) mass is 492 g/mol. The molecule has 172 valence electrons. The number of hydrogen-bond acceptors (Lipinski definition) is 6. The summed E-state index contributed by atoms with van der Waals surface area (Å²) in [4.78, 5) is 12.0. The molecule has 0 saturated carbocycles. The number of rotatable bonds is 6. The highest BCUT2D eigenvalue weighted by atomic mass is 32.2. The molecule has 0 aliphatic rings. The molecule has 4 aromatic rings. The van der Waals surface area contributed by atoms with E-state index in [1.165, 1.54) is 36.4 Å². The van der Waals surface area contributed by atoms with Crippen molar-refractivity contribution in [3.63, 3.8) is 0 Å². The highest BCUT2D eigenvalue weighted by molar-refractivity contribution is 7.92. The summed E-state index contributed by atoms with van der Waals surface area (Å²) in [7, 11) is -8.22. The van der Waals surface area contributed by atoms with Crippen LogP contribution in [0.25, 0.3) is 0 Å². The summed E-state index contributed by atoms with van der Waals surface area (Å²) in [6, 6.07) is 25.3. The molecule has 0 aliphatic carbocycles. The highest BCUT2D eigenvalue weighted by Crippen LogP contribution is 2.34. The molecular formula is C26H20O6S2. The van der Waals surface area contributed by atoms with Gasteiger partial charge in [0.05, 0.1) is 20.2 Å². The van der Waals surface area contributed by atoms with Crippen molar-refractivity contribution in [3.05, 3.63) is 114 Å². The average molecular weight is 493 g/mol. The smallest absolute Gasteiger partial charge is 0.343 e. The predicted octanol–water partition coefficient (Wildman–Crippen LogP) is 4.88. The Morgan fingerprint density at radius 2 is 1.15 bits per heavy atom. The van der Waals surface area contributed by atoms with Gasteiger partial charge in [0.2, 0.25) is 19.7 Å². The minimum atomic E-state index is -4.21. The van der Waals surface area contributed by atoms with Gasteiger partial charge < -0.3 is 4.74 Å². The molecule has 0 aliphatic heterocycles. The number of aryl methyl sites for hydroxylation is 1. The van der Waals surface area contributed by atoms with E-state index < -0.39 is 30.5 Å². The van der Waals surface area contributed by atoms with Crippen LogP contribution < -0.4 is 4.74 Å². The normalized spacial score (nSPS) is 11.7. The molecule has 4 rings (SSSR count). The first kappa shape index (κ1) is 23.4. The number of benzene rings is 4. The Hall–Kier alpha value is -3.75. The molecule has 4 aromatic carbocycles. The van der Waals surface area contributed by atoms with Crippen LogP contribution in [0.2, 0.25) is 0 Å². The number of carbonyl (C=O) groups is 1. The van der Waals surface area contributed by atoms with E-state index in [-0.39, 0.29) is 26.0 Å². The number of carbonyl (C=O) groups excluding carboxylic acids is 1. The van der Waals surface area contributed by atoms with Crippen molar-refractivity contribution in [1.29, 1.82) is 0 Å². The van der Waals surface area contributed by atoms with Gasteiger partial charge in [0, 0.05) is 0 Å². The van der Waals surface area contributed by atoms with Crippen molar-refractivity contribution >= 4 is 25.6 Å². The molecule has 34 heavy (non-hydrogen) atoms. The van der Waals surface area contributed by atoms with Crippen LogP contribution in [0.4, 0.5) is 0 Å². The Kier molecular flexibility index (Phi) is 6.37. The van der Waals surface area contributed by atoms with Crippen LogP contribution in [-0.2, 0) is 19.7 Å². The van der Waals surface area contributed by atoms with Gasteiger partial charge in [-0.2, -0.15) is 0 Å². The molecule has 0 N–H and O–H groups in total. The van der Waals surface area contributed by atoms with Crippen molar-refractivity contribution in [3.8, 4) is 5.75 Å². The van der Waals surface area contributed by atoms with Crippen LogP contribution in [0.1, 0.15) is 15.9 Å². The second-order valence-corrected chi connectivity index (χ2v) is 11.4. The van der Waals surface area contributed by atoms with Crippen molar-refractivity contribution in [2.24, 2.45) is 0 Å². The maximum atomic E-state index is 13.4. The van der Waals surface area contributed by atoms with E-state index in [0.717, 1.165) is 11.6 Å². The van der Waals surface area contributed by atoms with Crippen molar-refractivity contribution < 1.29 is 26.4 Å². The van der Waals surface area contributed by atoms with E-state index in [2.05, 4.69) is 0 Å². The lowest BCUT2D eigenvalue weighted by atomic mass is 10.1. The zero-order chi connectivity index (χ0) is 24.3. The van der Waals surface area contributed by atoms with Gasteiger partial charge in [-0.15, -0.1) is 0 Å². The lowest BCUT2D eigenvalue weighted by molar-refractivity contribution is 0.0730. The summed E-state index contributed by atoms with van der Waals surface area (Å²) < 4.78 is 58.6. The van der Waals surface area contributed by atoms with Crippen LogP contribution >= 0.6 is 0 Å². The Balaban J connectivity index is 1.85. The zero-order valence-corrected chi connectivity index (χ0v) is 19.7. The molecule has 0 spiro atoms. The topological polar surface area (TPSA) is 94.6 Å². The van der Waals surface area contributed by atoms with Crippen LogP contribution in [0.3, 0.4) is 0 Å². The number of sulfone groups is 2. The first-order valence-corrected chi connectivity index (χ1v) is 13.2. The molecule has 0 fully saturated rings. The fourth-order valence-corrected chi connectivity index (χ4v) is 6.07. The third-order valence-corrected chi connectivity index (χ3v) is 8.67. The number of hydrogen-bond donors (Lipinski definition) is 0. The minimum Gasteiger partial charge on any atom is -0.422 e. The van der Waals surface area contributed by atoms with E-state index in [0.29, 0.717) is 0 Å². The molecule has 0 radical (unpaired) electrons. The molecule has 0 unspecified atom stereocenters. The van der Waals surface area contributed by atoms with Crippen LogP contribution in [0, 0.1) is 6.92 Å². The van der Waals surface area contributed by atoms with E-state index >= 15 is 0 Å². The molecule has 6 nitrogen and oxygen atoms in total. The molecule has 0 amide bonds. The molecule has 0 aromatic heterocycles. The molecule has 0 saturated heterocycles. The van der Waals surface area contributed by atoms with Gasteiger partial charge in [-0.1, -0.05) is 54.1 Å². The van der Waals surface area contributed by atoms with E-state index in [9.17, 15) is 21.6 Å². The van der Waals surface area contributed by atoms with Crippen molar-refractivity contribution in [1.82, 2.24) is 0 Å². The quantitative estimate of drug-likeness (QED) is 0.281. The minimum absolute atomic E-state index is 0.0162. The second kappa shape index (κ2) is 9.24. The lowest BCUT2D eigenvalue weighted by Gasteiger charge is -2.13. The molecule has 0 atom stereocenters. The van der Waals surface area contributed by atoms with E-state index in [1.807, 2.05) is 6.92 Å². The van der Waals surface area contributed by atoms with Gasteiger partial charge in [0.25, 0.3) is 0 Å². The Morgan fingerprint density at radius 3 is 1.71 bits per heavy atom. The fraction of sp³-hybridized carbons (Fsp3) is 0.0385. The standard InChI is InChI=1S/C26H20O6S2/c1-19-12-14-20(15-13-19)26(27)32-24-17-16-23(33(28,29)21-8-4-2-5-9-21)18-25(24)34(30,31)22-10-6-3-7-11-22/h2-18H,1H3. The van der Waals surface area contributed by atoms with Crippen LogP contribution in [-0.4, -0.2) is 22.8 Å². The SMILES string of the molecule is Cc1ccc(C(=O)Oc2ccc(S(=O)(=O)c3ccccc3)cc2S(=O)(=O)c2ccccc2)cc1. The van der Waals surface area contributed by atoms with Gasteiger partial charge >= 0.3 is 5.97 Å². The van der Waals surface area contributed by atoms with Gasteiger partial charge in [-0.05, 0) is 61.5 Å². The molecular weight excluding hydrogens is 472 g/mol. The first-order chi connectivity index (χ1) is 16.2. The summed E-state index contributed by atoms with van der Waals surface area (Å²) in [5, 5.41) is 0. The predicted molar refractivity (Wildman–Crippen MR) is 126 cm³/mol. The second-order valence-electron chi connectivity index (χ2n) is 7.50. The van der Waals surface area contributed by atoms with Gasteiger partial charge in [0.15, 0.2) is 0 Å². The summed E-state index contributed by atoms with van der Waals surface area (Å²) >= 11 is 0. The maximum absolute atomic E-state index is 13.4. The fourth-order valence-electron chi connectivity index (χ4n) is 3.26. The Labute approximate surface area is 198 Å². The van der Waals surface area contributed by atoms with E-state index in [4.69, 9.17) is 4.74 Å². The van der Waals surface area contributed by atoms with Gasteiger partial charge in [0.1, 0.15) is 10.6 Å². The Morgan fingerprint density at radius 1 is 0.618 bits per heavy atom. The van der Waals surface area contributed by atoms with Gasteiger partial charge in [-0.3, -0.25) is 0 Å². The largest absolute Gasteiger partial charge is 0.422 e. The maximum Gasteiger partial charge on any atom is 0.343 e. The molecule has 0 bridgehead atoms. The van der Waals surface area contributed by atoms with Gasteiger partial charge in [-0.25, -0.2) is 21.6 Å². The number of ether oxygens (including phenoxy) is 1. The van der Waals surface area contributed by atoms with Crippen molar-refractivity contribution in [2.45, 2.75) is 26.5 Å². The summed E-state index contributed by atoms with van der Waals surface area (Å²) in [5.41, 5.74) is 1.18. The van der Waals surface area contributed by atoms with E-state index in [1.54, 1.807) is 60.7 Å².